The van der Waals surface area contributed by atoms with Gasteiger partial charge in [0.1, 0.15) is 6.04 Å². The van der Waals surface area contributed by atoms with Crippen LogP contribution in [0.15, 0.2) is 65.6 Å². The van der Waals surface area contributed by atoms with Gasteiger partial charge >= 0.3 is 0 Å². The van der Waals surface area contributed by atoms with Crippen LogP contribution in [0.3, 0.4) is 0 Å². The molecule has 57 heavy (non-hydrogen) atoms. The van der Waals surface area contributed by atoms with Crippen LogP contribution in [-0.2, 0) is 29.6 Å². The van der Waals surface area contributed by atoms with Crippen molar-refractivity contribution in [3.05, 3.63) is 105 Å². The lowest BCUT2D eigenvalue weighted by Gasteiger charge is -2.33. The number of hydrogen-bond acceptors (Lipinski definition) is 8. The standard InChI is InChI=1S/C44H45F2N7O4/c1-24-13-35-36(49(2)43(24)56)6-3-7-37(35)51-12-4-5-25-17-33(34(41(45)46)18-39(25)51)29-19-47-53(23-29)31-14-26-20-50(21-27(26)15-31)30-8-9-32-28(16-30)22-52(44(32)57)38-10-11-40(54)48-42(38)55/h3,6-9,13,16-18,23,26-27,31,38,41,47H,4-5,10-12,14-15,19-22H2,1-2H3,(H,48,54,55)/t26-,27+,31?,38?. The zero-order valence-electron chi connectivity index (χ0n) is 32.1. The van der Waals surface area contributed by atoms with Crippen molar-refractivity contribution in [2.45, 2.75) is 70.5 Å². The lowest BCUT2D eigenvalue weighted by molar-refractivity contribution is -0.136. The maximum atomic E-state index is 15.0. The molecule has 0 radical (unpaired) electrons. The van der Waals surface area contributed by atoms with Crippen molar-refractivity contribution in [3.8, 4) is 0 Å². The third-order valence-electron chi connectivity index (χ3n) is 13.4. The molecule has 4 aromatic rings. The Morgan fingerprint density at radius 1 is 0.877 bits per heavy atom. The van der Waals surface area contributed by atoms with Crippen LogP contribution in [0.4, 0.5) is 25.8 Å². The Morgan fingerprint density at radius 2 is 1.68 bits per heavy atom. The second kappa shape index (κ2) is 13.5. The Morgan fingerprint density at radius 3 is 2.46 bits per heavy atom. The molecule has 2 unspecified atom stereocenters. The third kappa shape index (κ3) is 5.92. The Bertz CT molecular complexity index is 2470. The molecule has 3 aromatic carbocycles. The number of aryl methyl sites for hydroxylation is 3. The van der Waals surface area contributed by atoms with Crippen LogP contribution in [0.2, 0.25) is 0 Å². The van der Waals surface area contributed by atoms with E-state index in [1.165, 1.54) is 0 Å². The number of hydrogen-bond donors (Lipinski definition) is 2. The van der Waals surface area contributed by atoms with E-state index < -0.39 is 18.4 Å². The molecular weight excluding hydrogens is 729 g/mol. The minimum absolute atomic E-state index is 0.0366. The predicted molar refractivity (Wildman–Crippen MR) is 213 cm³/mol. The Kier molecular flexibility index (Phi) is 8.51. The second-order valence-electron chi connectivity index (χ2n) is 16.7. The number of hydrazine groups is 1. The lowest BCUT2D eigenvalue weighted by atomic mass is 9.91. The quantitative estimate of drug-likeness (QED) is 0.240. The molecule has 3 amide bonds. The average Bonchev–Trinajstić information content (AvgIpc) is 4.00. The van der Waals surface area contributed by atoms with E-state index in [0.29, 0.717) is 54.6 Å². The number of rotatable bonds is 6. The monoisotopic (exact) mass is 773 g/mol. The number of amides is 3. The van der Waals surface area contributed by atoms with E-state index in [1.54, 1.807) is 22.6 Å². The van der Waals surface area contributed by atoms with Crippen molar-refractivity contribution >= 4 is 51.3 Å². The van der Waals surface area contributed by atoms with Gasteiger partial charge in [0.05, 0.1) is 11.2 Å². The van der Waals surface area contributed by atoms with Crippen molar-refractivity contribution in [2.24, 2.45) is 18.9 Å². The van der Waals surface area contributed by atoms with Gasteiger partial charge in [-0.3, -0.25) is 24.5 Å². The molecule has 2 N–H and O–H groups in total. The van der Waals surface area contributed by atoms with Crippen molar-refractivity contribution in [2.75, 3.05) is 36.0 Å². The number of aromatic nitrogens is 1. The number of anilines is 3. The van der Waals surface area contributed by atoms with E-state index in [9.17, 15) is 28.0 Å². The number of benzene rings is 3. The number of nitrogens with zero attached hydrogens (tertiary/aromatic N) is 5. The molecule has 1 aliphatic carbocycles. The highest BCUT2D eigenvalue weighted by atomic mass is 19.3. The Balaban J connectivity index is 0.844. The van der Waals surface area contributed by atoms with Crippen LogP contribution in [0.25, 0.3) is 16.5 Å². The minimum Gasteiger partial charge on any atom is -0.371 e. The topological polar surface area (TPSA) is 110 Å². The molecule has 6 heterocycles. The van der Waals surface area contributed by atoms with E-state index in [0.717, 1.165) is 83.4 Å². The molecule has 13 heteroatoms. The van der Waals surface area contributed by atoms with E-state index in [4.69, 9.17) is 0 Å². The highest BCUT2D eigenvalue weighted by molar-refractivity contribution is 6.05. The molecule has 1 saturated carbocycles. The number of imide groups is 1. The number of carbonyl (C=O) groups is 3. The molecule has 3 fully saturated rings. The zero-order valence-corrected chi connectivity index (χ0v) is 32.1. The molecule has 6 aliphatic rings. The molecule has 11 nitrogen and oxygen atoms in total. The van der Waals surface area contributed by atoms with Crippen molar-refractivity contribution in [1.82, 2.24) is 25.2 Å². The SMILES string of the molecule is Cc1cc2c(N3CCCc4cc(C5=CN(C6C[C@@H]7CN(c8ccc9c(c8)CN(C8CCC(=O)NC8=O)C9=O)C[C@@H]7C6)NC5)c(C(F)F)cc43)cccc2n(C)c1=O. The number of halogens is 2. The van der Waals surface area contributed by atoms with Crippen LogP contribution in [0.5, 0.6) is 0 Å². The minimum atomic E-state index is -2.64. The molecule has 0 spiro atoms. The number of nitrogens with one attached hydrogen (secondary N) is 2. The Labute approximate surface area is 328 Å². The fourth-order valence-corrected chi connectivity index (χ4v) is 10.5. The van der Waals surface area contributed by atoms with Crippen LogP contribution in [0, 0.1) is 18.8 Å². The molecule has 294 valence electrons. The van der Waals surface area contributed by atoms with Gasteiger partial charge in [-0.05, 0) is 122 Å². The van der Waals surface area contributed by atoms with E-state index in [-0.39, 0.29) is 35.4 Å². The fourth-order valence-electron chi connectivity index (χ4n) is 10.5. The Hall–Kier alpha value is -5.56. The molecule has 5 aliphatic heterocycles. The van der Waals surface area contributed by atoms with Gasteiger partial charge in [0.15, 0.2) is 0 Å². The fraction of sp³-hybridized carbons (Fsp3) is 0.409. The molecule has 10 rings (SSSR count). The van der Waals surface area contributed by atoms with Crippen LogP contribution in [-0.4, -0.2) is 70.5 Å². The molecule has 1 aromatic heterocycles. The molecular formula is C44H45F2N7O4. The summed E-state index contributed by atoms with van der Waals surface area (Å²) in [6, 6.07) is 17.1. The van der Waals surface area contributed by atoms with E-state index in [1.807, 2.05) is 49.4 Å². The summed E-state index contributed by atoms with van der Waals surface area (Å²) in [6.07, 6.45) is 3.64. The van der Waals surface area contributed by atoms with Gasteiger partial charge in [-0.15, -0.1) is 0 Å². The van der Waals surface area contributed by atoms with Crippen LogP contribution < -0.4 is 26.1 Å². The number of fused-ring (bicyclic) bond motifs is 4. The summed E-state index contributed by atoms with van der Waals surface area (Å²) >= 11 is 0. The maximum absolute atomic E-state index is 15.0. The maximum Gasteiger partial charge on any atom is 0.264 e. The summed E-state index contributed by atoms with van der Waals surface area (Å²) in [6.45, 7) is 5.16. The largest absolute Gasteiger partial charge is 0.371 e. The highest BCUT2D eigenvalue weighted by Gasteiger charge is 2.44. The summed E-state index contributed by atoms with van der Waals surface area (Å²) in [5.41, 5.74) is 11.8. The summed E-state index contributed by atoms with van der Waals surface area (Å²) < 4.78 is 31.6. The van der Waals surface area contributed by atoms with Crippen LogP contribution in [0.1, 0.15) is 76.7 Å². The second-order valence-corrected chi connectivity index (χ2v) is 16.7. The number of carbonyl (C=O) groups excluding carboxylic acids is 3. The smallest absolute Gasteiger partial charge is 0.264 e. The lowest BCUT2D eigenvalue weighted by Crippen LogP contribution is -2.52. The van der Waals surface area contributed by atoms with Gasteiger partial charge in [-0.1, -0.05) is 6.07 Å². The zero-order chi connectivity index (χ0) is 39.3. The number of pyridine rings is 1. The first-order chi connectivity index (χ1) is 27.5. The highest BCUT2D eigenvalue weighted by Crippen LogP contribution is 2.45. The van der Waals surface area contributed by atoms with Crippen molar-refractivity contribution < 1.29 is 23.2 Å². The third-order valence-corrected chi connectivity index (χ3v) is 13.4. The first-order valence-electron chi connectivity index (χ1n) is 20.1. The van der Waals surface area contributed by atoms with E-state index >= 15 is 0 Å². The van der Waals surface area contributed by atoms with Crippen molar-refractivity contribution in [1.29, 1.82) is 0 Å². The summed E-state index contributed by atoms with van der Waals surface area (Å²) in [7, 11) is 1.77. The molecule has 0 bridgehead atoms. The van der Waals surface area contributed by atoms with Gasteiger partial charge in [-0.25, -0.2) is 14.2 Å². The van der Waals surface area contributed by atoms with Crippen molar-refractivity contribution in [3.63, 3.8) is 0 Å². The van der Waals surface area contributed by atoms with Crippen LogP contribution >= 0.6 is 0 Å². The normalized spacial score (nSPS) is 24.4. The predicted octanol–water partition coefficient (Wildman–Crippen LogP) is 5.71. The van der Waals surface area contributed by atoms with Gasteiger partial charge in [0, 0.05) is 91.9 Å². The van der Waals surface area contributed by atoms with Gasteiger partial charge in [0.2, 0.25) is 11.8 Å². The number of piperidine rings is 1. The van der Waals surface area contributed by atoms with Gasteiger partial charge < -0.3 is 24.3 Å². The average molecular weight is 774 g/mol. The first kappa shape index (κ1) is 35.8. The van der Waals surface area contributed by atoms with E-state index in [2.05, 4.69) is 37.8 Å². The number of alkyl halides is 2. The summed E-state index contributed by atoms with van der Waals surface area (Å²) in [5, 5.41) is 5.46. The summed E-state index contributed by atoms with van der Waals surface area (Å²) in [4.78, 5) is 56.2. The molecule has 4 atom stereocenters. The first-order valence-corrected chi connectivity index (χ1v) is 20.1. The van der Waals surface area contributed by atoms with Gasteiger partial charge in [-0.2, -0.15) is 0 Å². The summed E-state index contributed by atoms with van der Waals surface area (Å²) in [5.74, 6) is 0.0967. The molecule has 2 saturated heterocycles. The van der Waals surface area contributed by atoms with Gasteiger partial charge in [0.25, 0.3) is 17.9 Å².